The first kappa shape index (κ1) is 8.15. The van der Waals surface area contributed by atoms with Crippen LogP contribution in [0.1, 0.15) is 13.3 Å². The van der Waals surface area contributed by atoms with Crippen molar-refractivity contribution in [3.8, 4) is 0 Å². The molecule has 0 fully saturated rings. The Morgan fingerprint density at radius 1 is 1.88 bits per heavy atom. The summed E-state index contributed by atoms with van der Waals surface area (Å²) in [5.41, 5.74) is 0.900. The molecule has 0 spiro atoms. The highest BCUT2D eigenvalue weighted by Gasteiger charge is 2.01. The Morgan fingerprint density at radius 3 is 2.50 bits per heavy atom. The van der Waals surface area contributed by atoms with Gasteiger partial charge in [0.1, 0.15) is 6.17 Å². The van der Waals surface area contributed by atoms with E-state index in [1.807, 2.05) is 6.92 Å². The Hall–Kier alpha value is 0.150. The molecule has 1 atom stereocenters. The van der Waals surface area contributed by atoms with Crippen LogP contribution in [0.15, 0.2) is 12.2 Å². The number of rotatable bonds is 3. The highest BCUT2D eigenvalue weighted by atomic mass is 79.9. The molecule has 0 aromatic rings. The molecule has 1 unspecified atom stereocenters. The minimum atomic E-state index is -0.757. The zero-order valence-electron chi connectivity index (χ0n) is 4.95. The topological polar surface area (TPSA) is 0 Å². The minimum absolute atomic E-state index is 0.417. The maximum atomic E-state index is 12.3. The van der Waals surface area contributed by atoms with Gasteiger partial charge in [-0.05, 0) is 13.3 Å². The van der Waals surface area contributed by atoms with Gasteiger partial charge in [0.05, 0.1) is 0 Å². The Balaban J connectivity index is 3.24. The molecular weight excluding hydrogens is 171 g/mol. The number of hydrogen-bond donors (Lipinski definition) is 0. The third kappa shape index (κ3) is 4.31. The highest BCUT2D eigenvalue weighted by Crippen LogP contribution is 2.07. The van der Waals surface area contributed by atoms with E-state index in [-0.39, 0.29) is 0 Å². The number of hydrogen-bond acceptors (Lipinski definition) is 0. The van der Waals surface area contributed by atoms with Gasteiger partial charge in [-0.25, -0.2) is 4.39 Å². The molecule has 8 heavy (non-hydrogen) atoms. The normalized spacial score (nSPS) is 13.4. The quantitative estimate of drug-likeness (QED) is 0.463. The smallest absolute Gasteiger partial charge is 0.113 e. The summed E-state index contributed by atoms with van der Waals surface area (Å²) in [6, 6.07) is 0. The van der Waals surface area contributed by atoms with Crippen LogP contribution in [0.3, 0.4) is 0 Å². The molecule has 0 amide bonds. The standard InChI is InChI=1S/C6H10BrF/c1-5(2)3-6(8)4-7/h6H,1,3-4H2,2H3. The summed E-state index contributed by atoms with van der Waals surface area (Å²) in [6.07, 6.45) is -0.280. The average Bonchev–Trinajstić information content (AvgIpc) is 1.65. The molecule has 2 heteroatoms. The predicted molar refractivity (Wildman–Crippen MR) is 38.1 cm³/mol. The van der Waals surface area contributed by atoms with Crippen LogP contribution in [-0.2, 0) is 0 Å². The minimum Gasteiger partial charge on any atom is -0.246 e. The first-order chi connectivity index (χ1) is 3.66. The SMILES string of the molecule is C=C(C)CC(F)CBr. The molecule has 0 bridgehead atoms. The van der Waals surface area contributed by atoms with Crippen molar-refractivity contribution >= 4 is 15.9 Å². The summed E-state index contributed by atoms with van der Waals surface area (Å²) >= 11 is 3.03. The molecule has 0 aromatic heterocycles. The van der Waals surface area contributed by atoms with Gasteiger partial charge < -0.3 is 0 Å². The molecule has 0 saturated heterocycles. The molecule has 0 aliphatic carbocycles. The fourth-order valence-corrected chi connectivity index (χ4v) is 0.662. The molecule has 0 saturated carbocycles. The van der Waals surface area contributed by atoms with Crippen LogP contribution in [0.2, 0.25) is 0 Å². The Morgan fingerprint density at radius 2 is 2.38 bits per heavy atom. The maximum Gasteiger partial charge on any atom is 0.113 e. The average molecular weight is 181 g/mol. The molecule has 0 rings (SSSR count). The van der Waals surface area contributed by atoms with Gasteiger partial charge >= 0.3 is 0 Å². The first-order valence-corrected chi connectivity index (χ1v) is 3.63. The van der Waals surface area contributed by atoms with Crippen LogP contribution in [0.5, 0.6) is 0 Å². The lowest BCUT2D eigenvalue weighted by Gasteiger charge is -2.00. The highest BCUT2D eigenvalue weighted by molar-refractivity contribution is 9.09. The summed E-state index contributed by atoms with van der Waals surface area (Å²) in [4.78, 5) is 0. The molecule has 0 heterocycles. The van der Waals surface area contributed by atoms with E-state index in [2.05, 4.69) is 22.5 Å². The summed E-state index contributed by atoms with van der Waals surface area (Å²) < 4.78 is 12.3. The molecular formula is C6H10BrF. The summed E-state index contributed by atoms with van der Waals surface area (Å²) in [7, 11) is 0. The summed E-state index contributed by atoms with van der Waals surface area (Å²) in [5.74, 6) is 0. The van der Waals surface area contributed by atoms with E-state index in [0.717, 1.165) is 5.57 Å². The molecule has 0 nitrogen and oxygen atoms in total. The van der Waals surface area contributed by atoms with Gasteiger partial charge in [0, 0.05) is 5.33 Å². The van der Waals surface area contributed by atoms with Gasteiger partial charge in [0.15, 0.2) is 0 Å². The zero-order chi connectivity index (χ0) is 6.57. The van der Waals surface area contributed by atoms with E-state index < -0.39 is 6.17 Å². The van der Waals surface area contributed by atoms with E-state index >= 15 is 0 Å². The first-order valence-electron chi connectivity index (χ1n) is 2.51. The second kappa shape index (κ2) is 4.07. The number of allylic oxidation sites excluding steroid dienone is 1. The van der Waals surface area contributed by atoms with Gasteiger partial charge in [0.2, 0.25) is 0 Å². The van der Waals surface area contributed by atoms with E-state index in [4.69, 9.17) is 0 Å². The van der Waals surface area contributed by atoms with Crippen molar-refractivity contribution < 1.29 is 4.39 Å². The third-order valence-electron chi connectivity index (χ3n) is 0.737. The Kier molecular flexibility index (Phi) is 4.15. The van der Waals surface area contributed by atoms with Crippen LogP contribution >= 0.6 is 15.9 Å². The lowest BCUT2D eigenvalue weighted by molar-refractivity contribution is 0.368. The predicted octanol–water partition coefficient (Wildman–Crippen LogP) is 2.69. The fraction of sp³-hybridized carbons (Fsp3) is 0.667. The van der Waals surface area contributed by atoms with Gasteiger partial charge in [0.25, 0.3) is 0 Å². The van der Waals surface area contributed by atoms with Crippen molar-refractivity contribution in [2.45, 2.75) is 19.5 Å². The number of halogens is 2. The summed E-state index contributed by atoms with van der Waals surface area (Å²) in [6.45, 7) is 5.41. The van der Waals surface area contributed by atoms with Crippen molar-refractivity contribution in [1.82, 2.24) is 0 Å². The van der Waals surface area contributed by atoms with Gasteiger partial charge in [-0.15, -0.1) is 6.58 Å². The third-order valence-corrected chi connectivity index (χ3v) is 1.44. The second-order valence-corrected chi connectivity index (χ2v) is 2.56. The van der Waals surface area contributed by atoms with Crippen LogP contribution in [0.4, 0.5) is 4.39 Å². The van der Waals surface area contributed by atoms with Crippen molar-refractivity contribution in [2.75, 3.05) is 5.33 Å². The Labute approximate surface area is 57.9 Å². The molecule has 0 aliphatic rings. The zero-order valence-corrected chi connectivity index (χ0v) is 6.54. The molecule has 0 aliphatic heterocycles. The van der Waals surface area contributed by atoms with E-state index in [9.17, 15) is 4.39 Å². The molecule has 0 aromatic carbocycles. The molecule has 0 radical (unpaired) electrons. The van der Waals surface area contributed by atoms with Crippen LogP contribution < -0.4 is 0 Å². The molecule has 48 valence electrons. The van der Waals surface area contributed by atoms with Gasteiger partial charge in [-0.1, -0.05) is 21.5 Å². The van der Waals surface area contributed by atoms with Gasteiger partial charge in [-0.2, -0.15) is 0 Å². The van der Waals surface area contributed by atoms with Gasteiger partial charge in [-0.3, -0.25) is 0 Å². The van der Waals surface area contributed by atoms with Crippen LogP contribution in [0.25, 0.3) is 0 Å². The van der Waals surface area contributed by atoms with Crippen molar-refractivity contribution in [3.63, 3.8) is 0 Å². The number of alkyl halides is 2. The Bertz CT molecular complexity index is 80.6. The summed E-state index contributed by atoms with van der Waals surface area (Å²) in [5, 5.41) is 0.417. The largest absolute Gasteiger partial charge is 0.246 e. The lowest BCUT2D eigenvalue weighted by atomic mass is 10.2. The van der Waals surface area contributed by atoms with Crippen molar-refractivity contribution in [3.05, 3.63) is 12.2 Å². The second-order valence-electron chi connectivity index (χ2n) is 1.91. The fourth-order valence-electron chi connectivity index (χ4n) is 0.433. The monoisotopic (exact) mass is 180 g/mol. The van der Waals surface area contributed by atoms with Crippen molar-refractivity contribution in [1.29, 1.82) is 0 Å². The van der Waals surface area contributed by atoms with E-state index in [1.165, 1.54) is 0 Å². The molecule has 0 N–H and O–H groups in total. The van der Waals surface area contributed by atoms with Crippen LogP contribution in [-0.4, -0.2) is 11.5 Å². The maximum absolute atomic E-state index is 12.3. The van der Waals surface area contributed by atoms with Crippen LogP contribution in [0, 0.1) is 0 Å². The van der Waals surface area contributed by atoms with Crippen molar-refractivity contribution in [2.24, 2.45) is 0 Å². The van der Waals surface area contributed by atoms with E-state index in [0.29, 0.717) is 11.8 Å². The lowest BCUT2D eigenvalue weighted by Crippen LogP contribution is -2.00. The van der Waals surface area contributed by atoms with E-state index in [1.54, 1.807) is 0 Å².